The number of aryl methyl sites for hydroxylation is 1. The maximum atomic E-state index is 5.95. The Labute approximate surface area is 192 Å². The summed E-state index contributed by atoms with van der Waals surface area (Å²) in [6.07, 6.45) is 1.90. The Kier molecular flexibility index (Phi) is 6.07. The number of aromatic amines is 1. The molecule has 3 aromatic heterocycles. The van der Waals surface area contributed by atoms with Crippen LogP contribution in [0.2, 0.25) is 0 Å². The van der Waals surface area contributed by atoms with E-state index in [9.17, 15) is 0 Å². The molecule has 1 aliphatic rings. The van der Waals surface area contributed by atoms with Gasteiger partial charge in [0.25, 0.3) is 0 Å². The number of hydrogen-bond acceptors (Lipinski definition) is 7. The Morgan fingerprint density at radius 3 is 2.66 bits per heavy atom. The maximum absolute atomic E-state index is 5.95. The number of thiophene rings is 1. The summed E-state index contributed by atoms with van der Waals surface area (Å²) < 4.78 is 5.95. The van der Waals surface area contributed by atoms with Crippen LogP contribution in [0.3, 0.4) is 0 Å². The smallest absolute Gasteiger partial charge is 0.229 e. The van der Waals surface area contributed by atoms with Crippen LogP contribution in [0.1, 0.15) is 5.56 Å². The highest BCUT2D eigenvalue weighted by atomic mass is 32.1. The van der Waals surface area contributed by atoms with E-state index in [1.54, 1.807) is 11.3 Å². The van der Waals surface area contributed by atoms with Crippen LogP contribution in [0.5, 0.6) is 5.75 Å². The van der Waals surface area contributed by atoms with Crippen molar-refractivity contribution in [2.24, 2.45) is 0 Å². The van der Waals surface area contributed by atoms with Crippen molar-refractivity contribution >= 4 is 34.0 Å². The molecule has 0 saturated carbocycles. The number of H-pyrrole nitrogens is 1. The zero-order valence-electron chi connectivity index (χ0n) is 18.5. The summed E-state index contributed by atoms with van der Waals surface area (Å²) in [5.41, 5.74) is 3.94. The summed E-state index contributed by atoms with van der Waals surface area (Å²) in [5.74, 6) is 1.45. The molecule has 1 fully saturated rings. The number of hydrogen-bond donors (Lipinski definition) is 2. The SMILES string of the molecule is Cc1csc(-c2nc(Nc3ccc(OCCN4CCN(C)CC4)cc3)nc3[nH]ccc23)c1. The third-order valence-corrected chi connectivity index (χ3v) is 6.82. The van der Waals surface area contributed by atoms with Gasteiger partial charge in [-0.1, -0.05) is 0 Å². The summed E-state index contributed by atoms with van der Waals surface area (Å²) in [5, 5.41) is 6.51. The number of rotatable bonds is 7. The molecule has 1 aromatic carbocycles. The number of nitrogens with zero attached hydrogens (tertiary/aromatic N) is 4. The molecule has 0 spiro atoms. The molecule has 5 rings (SSSR count). The molecule has 7 nitrogen and oxygen atoms in total. The molecule has 4 aromatic rings. The van der Waals surface area contributed by atoms with Crippen LogP contribution in [-0.2, 0) is 0 Å². The Bertz CT molecular complexity index is 1180. The second-order valence-corrected chi connectivity index (χ2v) is 9.18. The highest BCUT2D eigenvalue weighted by Crippen LogP contribution is 2.32. The van der Waals surface area contributed by atoms with Gasteiger partial charge in [0.15, 0.2) is 0 Å². The van der Waals surface area contributed by atoms with E-state index in [0.717, 1.165) is 65.8 Å². The minimum atomic E-state index is 0.574. The molecule has 2 N–H and O–H groups in total. The van der Waals surface area contributed by atoms with Crippen LogP contribution in [0, 0.1) is 6.92 Å². The Morgan fingerprint density at radius 2 is 1.91 bits per heavy atom. The summed E-state index contributed by atoms with van der Waals surface area (Å²) in [6, 6.07) is 12.2. The van der Waals surface area contributed by atoms with Crippen LogP contribution < -0.4 is 10.1 Å². The highest BCUT2D eigenvalue weighted by molar-refractivity contribution is 7.13. The fourth-order valence-corrected chi connectivity index (χ4v) is 4.77. The van der Waals surface area contributed by atoms with Crippen LogP contribution in [0.25, 0.3) is 21.6 Å². The average molecular weight is 449 g/mol. The van der Waals surface area contributed by atoms with Gasteiger partial charge >= 0.3 is 0 Å². The molecule has 1 aliphatic heterocycles. The van der Waals surface area contributed by atoms with Crippen LogP contribution in [0.15, 0.2) is 48.0 Å². The predicted molar refractivity (Wildman–Crippen MR) is 131 cm³/mol. The fraction of sp³-hybridized carbons (Fsp3) is 0.333. The van der Waals surface area contributed by atoms with E-state index in [-0.39, 0.29) is 0 Å². The lowest BCUT2D eigenvalue weighted by Crippen LogP contribution is -2.45. The van der Waals surface area contributed by atoms with Crippen molar-refractivity contribution in [2.75, 3.05) is 51.7 Å². The lowest BCUT2D eigenvalue weighted by atomic mass is 10.2. The first kappa shape index (κ1) is 20.9. The zero-order chi connectivity index (χ0) is 21.9. The number of ether oxygens (including phenoxy) is 1. The van der Waals surface area contributed by atoms with Crippen molar-refractivity contribution in [3.05, 3.63) is 53.5 Å². The molecule has 4 heterocycles. The van der Waals surface area contributed by atoms with E-state index < -0.39 is 0 Å². The number of aromatic nitrogens is 3. The van der Waals surface area contributed by atoms with Gasteiger partial charge in [-0.3, -0.25) is 4.90 Å². The van der Waals surface area contributed by atoms with Crippen molar-refractivity contribution in [3.8, 4) is 16.3 Å². The van der Waals surface area contributed by atoms with Gasteiger partial charge in [0.05, 0.1) is 10.6 Å². The Hall–Kier alpha value is -2.94. The minimum absolute atomic E-state index is 0.574. The lowest BCUT2D eigenvalue weighted by molar-refractivity contribution is 0.134. The monoisotopic (exact) mass is 448 g/mol. The molecule has 0 unspecified atom stereocenters. The van der Waals surface area contributed by atoms with Gasteiger partial charge in [-0.25, -0.2) is 4.98 Å². The number of likely N-dealkylation sites (N-methyl/N-ethyl adjacent to an activating group) is 1. The standard InChI is InChI=1S/C24H28N6OS/c1-17-15-21(32-16-17)22-20-7-8-25-23(20)28-24(27-22)26-18-3-5-19(6-4-18)31-14-13-30-11-9-29(2)10-12-30/h3-8,15-16H,9-14H2,1-2H3,(H2,25,26,27,28). The van der Waals surface area contributed by atoms with E-state index >= 15 is 0 Å². The normalized spacial score (nSPS) is 15.3. The first-order valence-corrected chi connectivity index (χ1v) is 11.8. The van der Waals surface area contributed by atoms with Gasteiger partial charge < -0.3 is 19.9 Å². The molecule has 32 heavy (non-hydrogen) atoms. The van der Waals surface area contributed by atoms with Gasteiger partial charge in [-0.15, -0.1) is 11.3 Å². The number of nitrogens with one attached hydrogen (secondary N) is 2. The topological polar surface area (TPSA) is 69.3 Å². The van der Waals surface area contributed by atoms with Crippen LogP contribution in [0.4, 0.5) is 11.6 Å². The molecule has 166 valence electrons. The van der Waals surface area contributed by atoms with Crippen molar-refractivity contribution < 1.29 is 4.74 Å². The Balaban J connectivity index is 1.23. The third-order valence-electron chi connectivity index (χ3n) is 5.76. The Morgan fingerprint density at radius 1 is 1.09 bits per heavy atom. The first-order valence-electron chi connectivity index (χ1n) is 11.0. The molecule has 0 aliphatic carbocycles. The summed E-state index contributed by atoms with van der Waals surface area (Å²) in [6.45, 7) is 8.25. The fourth-order valence-electron chi connectivity index (χ4n) is 3.87. The van der Waals surface area contributed by atoms with Crippen molar-refractivity contribution in [3.63, 3.8) is 0 Å². The lowest BCUT2D eigenvalue weighted by Gasteiger charge is -2.32. The quantitative estimate of drug-likeness (QED) is 0.438. The van der Waals surface area contributed by atoms with E-state index in [1.165, 1.54) is 5.56 Å². The summed E-state index contributed by atoms with van der Waals surface area (Å²) in [4.78, 5) is 18.6. The van der Waals surface area contributed by atoms with Gasteiger partial charge in [0, 0.05) is 50.0 Å². The van der Waals surface area contributed by atoms with Crippen LogP contribution in [-0.4, -0.2) is 71.1 Å². The van der Waals surface area contributed by atoms with E-state index in [1.807, 2.05) is 36.5 Å². The van der Waals surface area contributed by atoms with Gasteiger partial charge in [-0.2, -0.15) is 4.98 Å². The molecule has 0 bridgehead atoms. The molecule has 1 saturated heterocycles. The van der Waals surface area contributed by atoms with Gasteiger partial charge in [0.1, 0.15) is 18.0 Å². The second-order valence-electron chi connectivity index (χ2n) is 8.27. The van der Waals surface area contributed by atoms with E-state index in [0.29, 0.717) is 12.6 Å². The number of anilines is 2. The van der Waals surface area contributed by atoms with Gasteiger partial charge in [0.2, 0.25) is 5.95 Å². The molecule has 0 amide bonds. The van der Waals surface area contributed by atoms with Crippen molar-refractivity contribution in [2.45, 2.75) is 6.92 Å². The number of benzene rings is 1. The van der Waals surface area contributed by atoms with Crippen molar-refractivity contribution in [1.29, 1.82) is 0 Å². The molecular weight excluding hydrogens is 420 g/mol. The summed E-state index contributed by atoms with van der Waals surface area (Å²) >= 11 is 1.70. The van der Waals surface area contributed by atoms with Crippen molar-refractivity contribution in [1.82, 2.24) is 24.8 Å². The second kappa shape index (κ2) is 9.28. The third kappa shape index (κ3) is 4.77. The van der Waals surface area contributed by atoms with E-state index in [4.69, 9.17) is 9.72 Å². The van der Waals surface area contributed by atoms with Gasteiger partial charge in [-0.05, 0) is 61.3 Å². The summed E-state index contributed by atoms with van der Waals surface area (Å²) in [7, 11) is 2.18. The molecule has 0 atom stereocenters. The molecule has 0 radical (unpaired) electrons. The number of fused-ring (bicyclic) bond motifs is 1. The molecule has 8 heteroatoms. The largest absolute Gasteiger partial charge is 0.492 e. The predicted octanol–water partition coefficient (Wildman–Crippen LogP) is 4.36. The van der Waals surface area contributed by atoms with E-state index in [2.05, 4.69) is 50.5 Å². The minimum Gasteiger partial charge on any atom is -0.492 e. The molecular formula is C24H28N6OS. The zero-order valence-corrected chi connectivity index (χ0v) is 19.3. The van der Waals surface area contributed by atoms with Crippen LogP contribution >= 0.6 is 11.3 Å². The highest BCUT2D eigenvalue weighted by Gasteiger charge is 2.14. The average Bonchev–Trinajstić information content (AvgIpc) is 3.45. The maximum Gasteiger partial charge on any atom is 0.229 e. The first-order chi connectivity index (χ1) is 15.6. The number of piperazine rings is 1.